The zero-order chi connectivity index (χ0) is 26.2. The Labute approximate surface area is 237 Å². The largest absolute Gasteiger partial charge is 0.489 e. The van der Waals surface area contributed by atoms with Crippen molar-refractivity contribution in [2.45, 2.75) is 50.4 Å². The number of ether oxygens (including phenoxy) is 1. The summed E-state index contributed by atoms with van der Waals surface area (Å²) in [5, 5.41) is 16.3. The number of fused-ring (bicyclic) bond motifs is 1. The second kappa shape index (κ2) is 11.2. The highest BCUT2D eigenvalue weighted by Crippen LogP contribution is 2.35. The monoisotopic (exact) mass is 573 g/mol. The van der Waals surface area contributed by atoms with Crippen molar-refractivity contribution in [2.75, 3.05) is 37.6 Å². The van der Waals surface area contributed by atoms with Crippen LogP contribution in [0.4, 0.5) is 5.69 Å². The second-order valence-electron chi connectivity index (χ2n) is 10.8. The van der Waals surface area contributed by atoms with Gasteiger partial charge in [-0.2, -0.15) is 0 Å². The highest BCUT2D eigenvalue weighted by molar-refractivity contribution is 7.22. The number of aliphatic hydroxyl groups is 1. The first-order chi connectivity index (χ1) is 18.4. The maximum Gasteiger partial charge on any atom is 0.225 e. The second-order valence-corrected chi connectivity index (χ2v) is 12.9. The number of hydrogen-bond donors (Lipinski definition) is 2. The Morgan fingerprint density at radius 2 is 1.89 bits per heavy atom. The summed E-state index contributed by atoms with van der Waals surface area (Å²) in [5.41, 5.74) is 1.81. The third-order valence-corrected chi connectivity index (χ3v) is 9.40. The first-order valence-corrected chi connectivity index (χ1v) is 15.1. The molecular weight excluding hydrogens is 541 g/mol. The molecule has 3 atom stereocenters. The maximum absolute atomic E-state index is 13.5. The number of carbonyl (C=O) groups excluding carboxylic acids is 1. The van der Waals surface area contributed by atoms with E-state index in [9.17, 15) is 9.90 Å². The Morgan fingerprint density at radius 3 is 2.66 bits per heavy atom. The molecule has 0 spiro atoms. The first-order valence-electron chi connectivity index (χ1n) is 13.5. The molecule has 2 aromatic carbocycles. The molecular formula is C29H33Cl2N3O3S. The van der Waals surface area contributed by atoms with E-state index < -0.39 is 12.1 Å². The van der Waals surface area contributed by atoms with Gasteiger partial charge in [-0.3, -0.25) is 4.79 Å². The van der Waals surface area contributed by atoms with E-state index in [0.717, 1.165) is 71.8 Å². The zero-order valence-corrected chi connectivity index (χ0v) is 23.6. The van der Waals surface area contributed by atoms with Crippen LogP contribution < -0.4 is 15.0 Å². The molecule has 6 nitrogen and oxygen atoms in total. The predicted octanol–water partition coefficient (Wildman–Crippen LogP) is 5.89. The standard InChI is InChI=1S/C29H33Cl2N3O3S/c30-23-13-19(4-8-25(23)37-22-6-7-22)28(35)24(17-33-10-1-2-11-33)32-29(36)20-9-12-34(16-20)21-5-3-18-14-27(31)38-26(18)15-21/h3-5,8,13-15,20,22,24,28,35H,1-2,6-7,9-12,16-17H2,(H,32,36)/t20-,24-,28-/m1/s1. The van der Waals surface area contributed by atoms with Crippen LogP contribution >= 0.6 is 34.5 Å². The summed E-state index contributed by atoms with van der Waals surface area (Å²) in [6.45, 7) is 4.06. The number of rotatable bonds is 9. The SMILES string of the molecule is O=C(N[C@H](CN1CCCC1)[C@H](O)c1ccc(OC2CC2)c(Cl)c1)[C@@H]1CCN(c2ccc3cc(Cl)sc3c2)C1. The molecule has 3 aromatic rings. The third kappa shape index (κ3) is 5.92. The molecule has 1 amide bonds. The number of hydrogen-bond acceptors (Lipinski definition) is 6. The third-order valence-electron chi connectivity index (χ3n) is 7.88. The molecule has 2 N–H and O–H groups in total. The molecule has 3 heterocycles. The number of nitrogens with one attached hydrogen (secondary N) is 1. The van der Waals surface area contributed by atoms with Gasteiger partial charge in [0.05, 0.1) is 27.4 Å². The number of amides is 1. The number of benzene rings is 2. The van der Waals surface area contributed by atoms with Crippen molar-refractivity contribution in [1.29, 1.82) is 0 Å². The normalized spacial score (nSPS) is 21.7. The summed E-state index contributed by atoms with van der Waals surface area (Å²) in [4.78, 5) is 18.1. The minimum absolute atomic E-state index is 0.00391. The average molecular weight is 575 g/mol. The van der Waals surface area contributed by atoms with E-state index in [1.807, 2.05) is 18.2 Å². The molecule has 3 aliphatic rings. The van der Waals surface area contributed by atoms with E-state index in [2.05, 4.69) is 33.3 Å². The molecule has 6 rings (SSSR count). The van der Waals surface area contributed by atoms with E-state index >= 15 is 0 Å². The van der Waals surface area contributed by atoms with Crippen LogP contribution in [0.25, 0.3) is 10.1 Å². The van der Waals surface area contributed by atoms with Crippen molar-refractivity contribution in [2.24, 2.45) is 5.92 Å². The van der Waals surface area contributed by atoms with Gasteiger partial charge >= 0.3 is 0 Å². The molecule has 0 unspecified atom stereocenters. The minimum atomic E-state index is -0.865. The number of halogens is 2. The molecule has 1 saturated carbocycles. The van der Waals surface area contributed by atoms with Crippen molar-refractivity contribution in [3.05, 3.63) is 57.4 Å². The summed E-state index contributed by atoms with van der Waals surface area (Å²) in [6, 6.07) is 13.4. The van der Waals surface area contributed by atoms with E-state index in [-0.39, 0.29) is 17.9 Å². The molecule has 2 aliphatic heterocycles. The van der Waals surface area contributed by atoms with Crippen molar-refractivity contribution >= 4 is 56.2 Å². The topological polar surface area (TPSA) is 65.0 Å². The van der Waals surface area contributed by atoms with Crippen LogP contribution in [0.1, 0.15) is 43.8 Å². The summed E-state index contributed by atoms with van der Waals surface area (Å²) < 4.78 is 7.80. The lowest BCUT2D eigenvalue weighted by Gasteiger charge is -2.30. The van der Waals surface area contributed by atoms with Gasteiger partial charge in [0.2, 0.25) is 5.91 Å². The first kappa shape index (κ1) is 26.2. The Hall–Kier alpha value is -2.03. The van der Waals surface area contributed by atoms with Crippen LogP contribution in [0.15, 0.2) is 42.5 Å². The van der Waals surface area contributed by atoms with Crippen LogP contribution in [-0.4, -0.2) is 60.8 Å². The Kier molecular flexibility index (Phi) is 7.74. The molecule has 1 aliphatic carbocycles. The van der Waals surface area contributed by atoms with Gasteiger partial charge in [-0.1, -0.05) is 35.3 Å². The number of likely N-dealkylation sites (tertiary alicyclic amines) is 1. The van der Waals surface area contributed by atoms with Gasteiger partial charge < -0.3 is 25.0 Å². The summed E-state index contributed by atoms with van der Waals surface area (Å²) >= 11 is 14.3. The van der Waals surface area contributed by atoms with Crippen molar-refractivity contribution in [3.8, 4) is 5.75 Å². The molecule has 9 heteroatoms. The van der Waals surface area contributed by atoms with Gasteiger partial charge in [0.1, 0.15) is 11.9 Å². The van der Waals surface area contributed by atoms with Gasteiger partial charge in [0.25, 0.3) is 0 Å². The van der Waals surface area contributed by atoms with Gasteiger partial charge in [-0.25, -0.2) is 0 Å². The molecule has 3 fully saturated rings. The lowest BCUT2D eigenvalue weighted by atomic mass is 10.00. The maximum atomic E-state index is 13.5. The van der Waals surface area contributed by atoms with Crippen LogP contribution in [-0.2, 0) is 4.79 Å². The highest BCUT2D eigenvalue weighted by Gasteiger charge is 2.33. The van der Waals surface area contributed by atoms with E-state index in [0.29, 0.717) is 29.4 Å². The molecule has 0 radical (unpaired) electrons. The average Bonchev–Trinajstić information content (AvgIpc) is 3.27. The van der Waals surface area contributed by atoms with E-state index in [4.69, 9.17) is 27.9 Å². The van der Waals surface area contributed by atoms with Gasteiger partial charge in [0.15, 0.2) is 0 Å². The summed E-state index contributed by atoms with van der Waals surface area (Å²) in [7, 11) is 0. The predicted molar refractivity (Wildman–Crippen MR) is 155 cm³/mol. The summed E-state index contributed by atoms with van der Waals surface area (Å²) in [6.07, 6.45) is 4.57. The quantitative estimate of drug-likeness (QED) is 0.334. The fourth-order valence-electron chi connectivity index (χ4n) is 5.56. The van der Waals surface area contributed by atoms with Gasteiger partial charge in [-0.05, 0) is 86.5 Å². The van der Waals surface area contributed by atoms with Crippen molar-refractivity contribution < 1.29 is 14.6 Å². The lowest BCUT2D eigenvalue weighted by molar-refractivity contribution is -0.126. The Morgan fingerprint density at radius 1 is 1.08 bits per heavy atom. The van der Waals surface area contributed by atoms with Gasteiger partial charge in [0, 0.05) is 30.0 Å². The van der Waals surface area contributed by atoms with Crippen molar-refractivity contribution in [1.82, 2.24) is 10.2 Å². The zero-order valence-electron chi connectivity index (χ0n) is 21.2. The number of aliphatic hydroxyl groups excluding tert-OH is 1. The fourth-order valence-corrected chi connectivity index (χ4v) is 6.98. The number of anilines is 1. The Balaban J connectivity index is 1.14. The minimum Gasteiger partial charge on any atom is -0.489 e. The lowest BCUT2D eigenvalue weighted by Crippen LogP contribution is -2.48. The highest BCUT2D eigenvalue weighted by atomic mass is 35.5. The summed E-state index contributed by atoms with van der Waals surface area (Å²) in [5.74, 6) is 0.513. The molecule has 0 bridgehead atoms. The smallest absolute Gasteiger partial charge is 0.225 e. The fraction of sp³-hybridized carbons (Fsp3) is 0.483. The van der Waals surface area contributed by atoms with Crippen LogP contribution in [0.2, 0.25) is 9.36 Å². The molecule has 2 saturated heterocycles. The Bertz CT molecular complexity index is 1310. The number of thiophene rings is 1. The van der Waals surface area contributed by atoms with E-state index in [1.54, 1.807) is 17.4 Å². The molecule has 1 aromatic heterocycles. The molecule has 38 heavy (non-hydrogen) atoms. The molecule has 202 valence electrons. The van der Waals surface area contributed by atoms with Crippen LogP contribution in [0, 0.1) is 5.92 Å². The van der Waals surface area contributed by atoms with Crippen LogP contribution in [0.5, 0.6) is 5.75 Å². The van der Waals surface area contributed by atoms with Crippen LogP contribution in [0.3, 0.4) is 0 Å². The van der Waals surface area contributed by atoms with Crippen molar-refractivity contribution in [3.63, 3.8) is 0 Å². The number of nitrogens with zero attached hydrogens (tertiary/aromatic N) is 2. The van der Waals surface area contributed by atoms with E-state index in [1.165, 1.54) is 0 Å². The number of carbonyl (C=O) groups is 1. The van der Waals surface area contributed by atoms with Gasteiger partial charge in [-0.15, -0.1) is 11.3 Å².